The number of aromatic nitrogens is 1. The topological polar surface area (TPSA) is 69.2 Å². The van der Waals surface area contributed by atoms with Crippen LogP contribution < -0.4 is 4.90 Å². The van der Waals surface area contributed by atoms with Gasteiger partial charge in [0, 0.05) is 78.4 Å². The van der Waals surface area contributed by atoms with Crippen LogP contribution >= 0.6 is 0 Å². The Morgan fingerprint density at radius 2 is 1.82 bits per heavy atom. The second-order valence-electron chi connectivity index (χ2n) is 7.27. The molecule has 2 aliphatic rings. The molecule has 1 aromatic rings. The Labute approximate surface area is 167 Å². The number of carbonyl (C=O) groups excluding carboxylic acids is 2. The number of hydrogen-bond donors (Lipinski definition) is 0. The maximum absolute atomic E-state index is 12.6. The molecule has 8 nitrogen and oxygen atoms in total. The lowest BCUT2D eigenvalue weighted by Crippen LogP contribution is -2.50. The molecule has 28 heavy (non-hydrogen) atoms. The number of rotatable bonds is 7. The highest BCUT2D eigenvalue weighted by atomic mass is 16.5. The SMILES string of the molecule is CC(=O)N(CCC(=O)N1CCN(c2ccccn2)CC1)CCN1CCOCC1. The molecule has 154 valence electrons. The Bertz CT molecular complexity index is 628. The van der Waals surface area contributed by atoms with E-state index in [1.54, 1.807) is 18.0 Å². The van der Waals surface area contributed by atoms with E-state index in [2.05, 4.69) is 14.8 Å². The summed E-state index contributed by atoms with van der Waals surface area (Å²) in [6.07, 6.45) is 2.17. The second-order valence-corrected chi connectivity index (χ2v) is 7.27. The fraction of sp³-hybridized carbons (Fsp3) is 0.650. The summed E-state index contributed by atoms with van der Waals surface area (Å²) in [5, 5.41) is 0. The van der Waals surface area contributed by atoms with E-state index in [1.807, 2.05) is 23.1 Å². The maximum atomic E-state index is 12.6. The fourth-order valence-corrected chi connectivity index (χ4v) is 3.63. The van der Waals surface area contributed by atoms with Gasteiger partial charge in [0.1, 0.15) is 5.82 Å². The van der Waals surface area contributed by atoms with E-state index in [4.69, 9.17) is 4.74 Å². The van der Waals surface area contributed by atoms with Crippen LogP contribution in [0.5, 0.6) is 0 Å². The van der Waals surface area contributed by atoms with Crippen molar-refractivity contribution >= 4 is 17.6 Å². The molecule has 2 amide bonds. The summed E-state index contributed by atoms with van der Waals surface area (Å²) in [6.45, 7) is 9.85. The molecule has 0 N–H and O–H groups in total. The summed E-state index contributed by atoms with van der Waals surface area (Å²) in [7, 11) is 0. The van der Waals surface area contributed by atoms with Crippen LogP contribution in [0.15, 0.2) is 24.4 Å². The quantitative estimate of drug-likeness (QED) is 0.668. The first-order chi connectivity index (χ1) is 13.6. The molecule has 0 unspecified atom stereocenters. The first-order valence-electron chi connectivity index (χ1n) is 10.1. The van der Waals surface area contributed by atoms with Gasteiger partial charge >= 0.3 is 0 Å². The van der Waals surface area contributed by atoms with Crippen molar-refractivity contribution in [1.82, 2.24) is 19.7 Å². The lowest BCUT2D eigenvalue weighted by molar-refractivity contribution is -0.133. The van der Waals surface area contributed by atoms with Crippen molar-refractivity contribution in [3.63, 3.8) is 0 Å². The number of piperazine rings is 1. The van der Waals surface area contributed by atoms with Gasteiger partial charge in [-0.3, -0.25) is 14.5 Å². The monoisotopic (exact) mass is 389 g/mol. The smallest absolute Gasteiger partial charge is 0.224 e. The average Bonchev–Trinajstić information content (AvgIpc) is 2.75. The summed E-state index contributed by atoms with van der Waals surface area (Å²) in [4.78, 5) is 37.1. The van der Waals surface area contributed by atoms with Crippen molar-refractivity contribution in [2.75, 3.05) is 77.0 Å². The number of hydrogen-bond acceptors (Lipinski definition) is 6. The molecule has 0 aromatic carbocycles. The molecule has 0 atom stereocenters. The van der Waals surface area contributed by atoms with Crippen LogP contribution in [0.25, 0.3) is 0 Å². The van der Waals surface area contributed by atoms with Crippen molar-refractivity contribution in [3.05, 3.63) is 24.4 Å². The minimum absolute atomic E-state index is 0.0287. The minimum Gasteiger partial charge on any atom is -0.379 e. The van der Waals surface area contributed by atoms with Crippen molar-refractivity contribution in [2.24, 2.45) is 0 Å². The number of nitrogens with zero attached hydrogens (tertiary/aromatic N) is 5. The maximum Gasteiger partial charge on any atom is 0.224 e. The number of morpholine rings is 1. The van der Waals surface area contributed by atoms with E-state index in [1.165, 1.54) is 0 Å². The van der Waals surface area contributed by atoms with Gasteiger partial charge in [-0.1, -0.05) is 6.07 Å². The van der Waals surface area contributed by atoms with Crippen LogP contribution in [0.2, 0.25) is 0 Å². The molecule has 0 aliphatic carbocycles. The number of anilines is 1. The van der Waals surface area contributed by atoms with Crippen molar-refractivity contribution < 1.29 is 14.3 Å². The molecule has 3 heterocycles. The third-order valence-corrected chi connectivity index (χ3v) is 5.44. The average molecular weight is 390 g/mol. The zero-order chi connectivity index (χ0) is 19.8. The zero-order valence-electron chi connectivity index (χ0n) is 16.8. The molecule has 0 bridgehead atoms. The van der Waals surface area contributed by atoms with Gasteiger partial charge in [0.25, 0.3) is 0 Å². The third kappa shape index (κ3) is 5.90. The Kier molecular flexibility index (Phi) is 7.62. The van der Waals surface area contributed by atoms with Crippen molar-refractivity contribution in [1.29, 1.82) is 0 Å². The van der Waals surface area contributed by atoms with Crippen LogP contribution in [0.3, 0.4) is 0 Å². The summed E-state index contributed by atoms with van der Waals surface area (Å²) >= 11 is 0. The highest BCUT2D eigenvalue weighted by molar-refractivity contribution is 5.78. The van der Waals surface area contributed by atoms with E-state index >= 15 is 0 Å². The van der Waals surface area contributed by atoms with E-state index < -0.39 is 0 Å². The number of pyridine rings is 1. The first kappa shape index (κ1) is 20.5. The predicted molar refractivity (Wildman–Crippen MR) is 107 cm³/mol. The van der Waals surface area contributed by atoms with E-state index in [-0.39, 0.29) is 11.8 Å². The number of carbonyl (C=O) groups is 2. The van der Waals surface area contributed by atoms with Crippen LogP contribution in [0.4, 0.5) is 5.82 Å². The molecule has 2 saturated heterocycles. The first-order valence-corrected chi connectivity index (χ1v) is 10.1. The standard InChI is InChI=1S/C20H31N5O3/c1-18(26)23(9-8-22-14-16-28-17-15-22)7-5-20(27)25-12-10-24(11-13-25)19-4-2-3-6-21-19/h2-4,6H,5,7-17H2,1H3. The van der Waals surface area contributed by atoms with Gasteiger partial charge in [0.05, 0.1) is 13.2 Å². The third-order valence-electron chi connectivity index (χ3n) is 5.44. The van der Waals surface area contributed by atoms with E-state index in [0.29, 0.717) is 32.6 Å². The van der Waals surface area contributed by atoms with Crippen molar-refractivity contribution in [2.45, 2.75) is 13.3 Å². The zero-order valence-corrected chi connectivity index (χ0v) is 16.8. The number of ether oxygens (including phenoxy) is 1. The molecule has 0 radical (unpaired) electrons. The van der Waals surface area contributed by atoms with Crippen LogP contribution in [0.1, 0.15) is 13.3 Å². The summed E-state index contributed by atoms with van der Waals surface area (Å²) < 4.78 is 5.36. The van der Waals surface area contributed by atoms with Gasteiger partial charge in [-0.05, 0) is 12.1 Å². The molecule has 2 fully saturated rings. The minimum atomic E-state index is 0.0287. The second kappa shape index (κ2) is 10.4. The van der Waals surface area contributed by atoms with Gasteiger partial charge in [0.2, 0.25) is 11.8 Å². The number of amides is 2. The summed E-state index contributed by atoms with van der Waals surface area (Å²) in [5.74, 6) is 1.11. The summed E-state index contributed by atoms with van der Waals surface area (Å²) in [5.41, 5.74) is 0. The van der Waals surface area contributed by atoms with E-state index in [9.17, 15) is 9.59 Å². The Morgan fingerprint density at radius 1 is 1.07 bits per heavy atom. The fourth-order valence-electron chi connectivity index (χ4n) is 3.63. The molecular formula is C20H31N5O3. The van der Waals surface area contributed by atoms with Crippen LogP contribution in [-0.4, -0.2) is 104 Å². The highest BCUT2D eigenvalue weighted by Gasteiger charge is 2.22. The van der Waals surface area contributed by atoms with Crippen LogP contribution in [-0.2, 0) is 14.3 Å². The molecule has 3 rings (SSSR count). The van der Waals surface area contributed by atoms with Crippen molar-refractivity contribution in [3.8, 4) is 0 Å². The largest absolute Gasteiger partial charge is 0.379 e. The summed E-state index contributed by atoms with van der Waals surface area (Å²) in [6, 6.07) is 5.88. The lowest BCUT2D eigenvalue weighted by Gasteiger charge is -2.36. The molecule has 2 aliphatic heterocycles. The molecule has 0 saturated carbocycles. The van der Waals surface area contributed by atoms with Gasteiger partial charge < -0.3 is 19.4 Å². The Hall–Kier alpha value is -2.19. The highest BCUT2D eigenvalue weighted by Crippen LogP contribution is 2.13. The normalized spacial score (nSPS) is 18.2. The Balaban J connectivity index is 1.40. The lowest BCUT2D eigenvalue weighted by atomic mass is 10.2. The Morgan fingerprint density at radius 3 is 2.46 bits per heavy atom. The van der Waals surface area contributed by atoms with Gasteiger partial charge in [0.15, 0.2) is 0 Å². The van der Waals surface area contributed by atoms with Gasteiger partial charge in [-0.2, -0.15) is 0 Å². The molecular weight excluding hydrogens is 358 g/mol. The van der Waals surface area contributed by atoms with Crippen LogP contribution in [0, 0.1) is 0 Å². The molecule has 1 aromatic heterocycles. The van der Waals surface area contributed by atoms with E-state index in [0.717, 1.165) is 51.8 Å². The molecule has 8 heteroatoms. The predicted octanol–water partition coefficient (Wildman–Crippen LogP) is 0.301. The molecule has 0 spiro atoms. The van der Waals surface area contributed by atoms with Gasteiger partial charge in [-0.25, -0.2) is 4.98 Å². The van der Waals surface area contributed by atoms with Gasteiger partial charge in [-0.15, -0.1) is 0 Å².